The van der Waals surface area contributed by atoms with Crippen LogP contribution in [0.4, 0.5) is 8.78 Å². The van der Waals surface area contributed by atoms with Crippen LogP contribution in [0.15, 0.2) is 53.4 Å². The minimum absolute atomic E-state index is 0.00166. The molecule has 7 heteroatoms. The smallest absolute Gasteiger partial charge is 0.207 e. The Balaban J connectivity index is 2.38. The molecule has 0 aliphatic heterocycles. The number of nitriles is 1. The lowest BCUT2D eigenvalue weighted by Crippen LogP contribution is -2.32. The molecule has 0 saturated carbocycles. The van der Waals surface area contributed by atoms with E-state index in [1.54, 1.807) is 30.3 Å². The van der Waals surface area contributed by atoms with Crippen LogP contribution in [0.2, 0.25) is 0 Å². The first-order valence-electron chi connectivity index (χ1n) is 6.81. The van der Waals surface area contributed by atoms with Crippen LogP contribution in [0.3, 0.4) is 0 Å². The van der Waals surface area contributed by atoms with E-state index in [4.69, 9.17) is 5.26 Å². The van der Waals surface area contributed by atoms with Gasteiger partial charge in [0.05, 0.1) is 6.07 Å². The first-order chi connectivity index (χ1) is 10.9. The molecule has 0 spiro atoms. The van der Waals surface area contributed by atoms with Crippen LogP contribution in [-0.2, 0) is 16.6 Å². The lowest BCUT2D eigenvalue weighted by molar-refractivity contribution is 0.409. The summed E-state index contributed by atoms with van der Waals surface area (Å²) in [5.41, 5.74) is 0.705. The number of rotatable bonds is 6. The van der Waals surface area contributed by atoms with Gasteiger partial charge in [0, 0.05) is 25.6 Å². The number of halogens is 2. The Morgan fingerprint density at radius 3 is 2.39 bits per heavy atom. The van der Waals surface area contributed by atoms with Gasteiger partial charge in [-0.05, 0) is 17.7 Å². The fourth-order valence-electron chi connectivity index (χ4n) is 2.07. The van der Waals surface area contributed by atoms with E-state index in [2.05, 4.69) is 0 Å². The molecular formula is C16H14F2N2O2S. The van der Waals surface area contributed by atoms with Gasteiger partial charge in [0.2, 0.25) is 10.0 Å². The Morgan fingerprint density at radius 1 is 1.09 bits per heavy atom. The maximum Gasteiger partial charge on any atom is 0.246 e. The molecule has 0 aliphatic rings. The van der Waals surface area contributed by atoms with Crippen LogP contribution < -0.4 is 0 Å². The molecule has 0 heterocycles. The standard InChI is InChI=1S/C16H14F2N2O2S/c17-14-7-8-16(15(18)11-14)23(21,22)20(10-4-9-19)12-13-5-2-1-3-6-13/h1-3,5-8,11H,4,10,12H2. The van der Waals surface area contributed by atoms with Crippen LogP contribution in [0.1, 0.15) is 12.0 Å². The highest BCUT2D eigenvalue weighted by Gasteiger charge is 2.27. The van der Waals surface area contributed by atoms with E-state index < -0.39 is 26.6 Å². The summed E-state index contributed by atoms with van der Waals surface area (Å²) in [4.78, 5) is -0.604. The molecule has 2 rings (SSSR count). The Hall–Kier alpha value is -2.30. The van der Waals surface area contributed by atoms with Gasteiger partial charge in [0.15, 0.2) is 0 Å². The van der Waals surface area contributed by atoms with E-state index in [9.17, 15) is 17.2 Å². The third-order valence-electron chi connectivity index (χ3n) is 3.19. The fraction of sp³-hybridized carbons (Fsp3) is 0.188. The molecule has 2 aromatic carbocycles. The van der Waals surface area contributed by atoms with Crippen LogP contribution in [0.5, 0.6) is 0 Å². The van der Waals surface area contributed by atoms with Gasteiger partial charge in [-0.15, -0.1) is 0 Å². The molecule has 0 N–H and O–H groups in total. The summed E-state index contributed by atoms with van der Waals surface area (Å²) in [5, 5.41) is 8.71. The summed E-state index contributed by atoms with van der Waals surface area (Å²) >= 11 is 0. The van der Waals surface area contributed by atoms with Gasteiger partial charge in [-0.2, -0.15) is 9.57 Å². The van der Waals surface area contributed by atoms with Crippen molar-refractivity contribution in [3.05, 3.63) is 65.7 Å². The van der Waals surface area contributed by atoms with Crippen molar-refractivity contribution in [1.82, 2.24) is 4.31 Å². The predicted octanol–water partition coefficient (Wildman–Crippen LogP) is 3.07. The third-order valence-corrected chi connectivity index (χ3v) is 5.06. The molecule has 120 valence electrons. The van der Waals surface area contributed by atoms with Gasteiger partial charge >= 0.3 is 0 Å². The molecule has 0 atom stereocenters. The average Bonchev–Trinajstić information content (AvgIpc) is 2.52. The molecule has 4 nitrogen and oxygen atoms in total. The zero-order valence-corrected chi connectivity index (χ0v) is 12.9. The zero-order valence-electron chi connectivity index (χ0n) is 12.1. The highest BCUT2D eigenvalue weighted by Crippen LogP contribution is 2.22. The number of benzene rings is 2. The third kappa shape index (κ3) is 4.12. The minimum atomic E-state index is -4.18. The maximum absolute atomic E-state index is 13.9. The summed E-state index contributed by atoms with van der Waals surface area (Å²) in [6.45, 7) is -0.0772. The first kappa shape index (κ1) is 17.1. The highest BCUT2D eigenvalue weighted by molar-refractivity contribution is 7.89. The number of hydrogen-bond acceptors (Lipinski definition) is 3. The first-order valence-corrected chi connectivity index (χ1v) is 8.25. The van der Waals surface area contributed by atoms with Crippen molar-refractivity contribution in [2.75, 3.05) is 6.54 Å². The van der Waals surface area contributed by atoms with E-state index in [0.717, 1.165) is 16.4 Å². The number of sulfonamides is 1. The van der Waals surface area contributed by atoms with E-state index in [-0.39, 0.29) is 19.5 Å². The monoisotopic (exact) mass is 336 g/mol. The second kappa shape index (κ2) is 7.31. The molecule has 23 heavy (non-hydrogen) atoms. The van der Waals surface area contributed by atoms with Crippen molar-refractivity contribution < 1.29 is 17.2 Å². The van der Waals surface area contributed by atoms with Crippen molar-refractivity contribution >= 4 is 10.0 Å². The summed E-state index contributed by atoms with van der Waals surface area (Å²) < 4.78 is 53.1. The molecule has 0 unspecified atom stereocenters. The molecule has 0 radical (unpaired) electrons. The Bertz CT molecular complexity index is 818. The van der Waals surface area contributed by atoms with Crippen molar-refractivity contribution in [2.45, 2.75) is 17.9 Å². The largest absolute Gasteiger partial charge is 0.246 e. The summed E-state index contributed by atoms with van der Waals surface area (Å²) in [6, 6.07) is 12.9. The molecule has 0 aromatic heterocycles. The lowest BCUT2D eigenvalue weighted by Gasteiger charge is -2.21. The zero-order chi connectivity index (χ0) is 16.9. The van der Waals surface area contributed by atoms with Crippen molar-refractivity contribution in [3.8, 4) is 6.07 Å². The van der Waals surface area contributed by atoms with Gasteiger partial charge in [-0.1, -0.05) is 30.3 Å². The lowest BCUT2D eigenvalue weighted by atomic mass is 10.2. The van der Waals surface area contributed by atoms with Crippen molar-refractivity contribution in [3.63, 3.8) is 0 Å². The molecule has 0 aliphatic carbocycles. The fourth-order valence-corrected chi connectivity index (χ4v) is 3.54. The Morgan fingerprint density at radius 2 is 1.78 bits per heavy atom. The van der Waals surface area contributed by atoms with E-state index in [1.807, 2.05) is 6.07 Å². The second-order valence-electron chi connectivity index (χ2n) is 4.81. The highest BCUT2D eigenvalue weighted by atomic mass is 32.2. The van der Waals surface area contributed by atoms with Crippen molar-refractivity contribution in [2.24, 2.45) is 0 Å². The normalized spacial score (nSPS) is 11.4. The van der Waals surface area contributed by atoms with Crippen LogP contribution in [0, 0.1) is 23.0 Å². The number of hydrogen-bond donors (Lipinski definition) is 0. The molecule has 0 saturated heterocycles. The summed E-state index contributed by atoms with van der Waals surface area (Å²) in [7, 11) is -4.18. The van der Waals surface area contributed by atoms with Gasteiger partial charge in [0.25, 0.3) is 0 Å². The van der Waals surface area contributed by atoms with E-state index in [1.165, 1.54) is 0 Å². The van der Waals surface area contributed by atoms with Crippen LogP contribution >= 0.6 is 0 Å². The average molecular weight is 336 g/mol. The quantitative estimate of drug-likeness (QED) is 0.814. The Labute approximate surface area is 133 Å². The van der Waals surface area contributed by atoms with Gasteiger partial charge in [0.1, 0.15) is 16.5 Å². The van der Waals surface area contributed by atoms with Crippen LogP contribution in [-0.4, -0.2) is 19.3 Å². The maximum atomic E-state index is 13.9. The molecule has 0 fully saturated rings. The molecule has 0 bridgehead atoms. The van der Waals surface area contributed by atoms with Gasteiger partial charge < -0.3 is 0 Å². The van der Waals surface area contributed by atoms with Gasteiger partial charge in [-0.25, -0.2) is 17.2 Å². The molecule has 0 amide bonds. The predicted molar refractivity (Wildman–Crippen MR) is 80.6 cm³/mol. The van der Waals surface area contributed by atoms with Crippen LogP contribution in [0.25, 0.3) is 0 Å². The summed E-state index contributed by atoms with van der Waals surface area (Å²) in [5.74, 6) is -2.01. The second-order valence-corrected chi connectivity index (χ2v) is 6.71. The molecular weight excluding hydrogens is 322 g/mol. The van der Waals surface area contributed by atoms with Gasteiger partial charge in [-0.3, -0.25) is 0 Å². The SMILES string of the molecule is N#CCCN(Cc1ccccc1)S(=O)(=O)c1ccc(F)cc1F. The topological polar surface area (TPSA) is 61.2 Å². The van der Waals surface area contributed by atoms with E-state index >= 15 is 0 Å². The van der Waals surface area contributed by atoms with E-state index in [0.29, 0.717) is 11.6 Å². The Kier molecular flexibility index (Phi) is 5.42. The molecule has 2 aromatic rings. The number of nitrogens with zero attached hydrogens (tertiary/aromatic N) is 2. The summed E-state index contributed by atoms with van der Waals surface area (Å²) in [6.07, 6.45) is -0.0329. The van der Waals surface area contributed by atoms with Crippen molar-refractivity contribution in [1.29, 1.82) is 5.26 Å². The minimum Gasteiger partial charge on any atom is -0.207 e.